The van der Waals surface area contributed by atoms with Crippen LogP contribution in [0.1, 0.15) is 51.4 Å². The Morgan fingerprint density at radius 3 is 2.89 bits per heavy atom. The molecule has 0 aliphatic carbocycles. The van der Waals surface area contributed by atoms with Crippen molar-refractivity contribution in [2.45, 2.75) is 51.7 Å². The molecule has 1 aromatic heterocycles. The van der Waals surface area contributed by atoms with Crippen molar-refractivity contribution in [3.05, 3.63) is 36.3 Å². The van der Waals surface area contributed by atoms with Gasteiger partial charge < -0.3 is 14.3 Å². The Hall–Kier alpha value is -1.55. The lowest BCUT2D eigenvalue weighted by molar-refractivity contribution is -0.147. The molecular weight excluding hydrogens is 244 g/mol. The summed E-state index contributed by atoms with van der Waals surface area (Å²) in [6, 6.07) is 3.50. The fourth-order valence-corrected chi connectivity index (χ4v) is 1.63. The molecule has 1 heterocycles. The highest BCUT2D eigenvalue weighted by Gasteiger charge is 2.07. The number of allylic oxidation sites excluding steroid dienone is 1. The molecule has 4 heteroatoms. The van der Waals surface area contributed by atoms with Gasteiger partial charge in [0.2, 0.25) is 0 Å². The molecular formula is C15H22O4. The molecule has 1 atom stereocenters. The number of aliphatic hydroxyl groups excluding tert-OH is 1. The van der Waals surface area contributed by atoms with E-state index >= 15 is 0 Å². The van der Waals surface area contributed by atoms with Crippen molar-refractivity contribution in [1.29, 1.82) is 0 Å². The van der Waals surface area contributed by atoms with Gasteiger partial charge in [-0.15, -0.1) is 0 Å². The first kappa shape index (κ1) is 15.5. The van der Waals surface area contributed by atoms with Gasteiger partial charge in [0, 0.05) is 6.42 Å². The maximum atomic E-state index is 11.3. The van der Waals surface area contributed by atoms with Crippen LogP contribution in [0.25, 0.3) is 0 Å². The molecule has 0 fully saturated rings. The number of hydrogen-bond acceptors (Lipinski definition) is 4. The Morgan fingerprint density at radius 1 is 1.47 bits per heavy atom. The molecule has 0 aliphatic rings. The summed E-state index contributed by atoms with van der Waals surface area (Å²) in [5.41, 5.74) is 0. The zero-order valence-corrected chi connectivity index (χ0v) is 11.5. The Morgan fingerprint density at radius 2 is 2.26 bits per heavy atom. The Bertz CT molecular complexity index is 379. The molecule has 106 valence electrons. The number of aliphatic hydroxyl groups is 1. The highest BCUT2D eigenvalue weighted by molar-refractivity contribution is 5.69. The number of esters is 1. The quantitative estimate of drug-likeness (QED) is 0.445. The summed E-state index contributed by atoms with van der Waals surface area (Å²) in [4.78, 5) is 11.3. The number of ether oxygens (including phenoxy) is 1. The maximum absolute atomic E-state index is 11.3. The summed E-state index contributed by atoms with van der Waals surface area (Å²) in [6.07, 6.45) is 7.28. The lowest BCUT2D eigenvalue weighted by Crippen LogP contribution is -2.10. The van der Waals surface area contributed by atoms with E-state index in [-0.39, 0.29) is 12.1 Å². The fourth-order valence-electron chi connectivity index (χ4n) is 1.63. The molecule has 0 aliphatic heterocycles. The first-order valence-electron chi connectivity index (χ1n) is 6.65. The van der Waals surface area contributed by atoms with Gasteiger partial charge in [-0.1, -0.05) is 12.2 Å². The van der Waals surface area contributed by atoms with Crippen molar-refractivity contribution < 1.29 is 19.1 Å². The molecule has 19 heavy (non-hydrogen) atoms. The van der Waals surface area contributed by atoms with E-state index in [1.807, 2.05) is 26.0 Å². The Kier molecular flexibility index (Phi) is 6.97. The van der Waals surface area contributed by atoms with Crippen molar-refractivity contribution in [2.75, 3.05) is 0 Å². The van der Waals surface area contributed by atoms with Crippen LogP contribution in [-0.4, -0.2) is 17.2 Å². The largest absolute Gasteiger partial charge is 0.467 e. The summed E-state index contributed by atoms with van der Waals surface area (Å²) < 4.78 is 10.1. The first-order valence-corrected chi connectivity index (χ1v) is 6.65. The van der Waals surface area contributed by atoms with Crippen LogP contribution in [0.15, 0.2) is 35.0 Å². The number of hydrogen-bond donors (Lipinski definition) is 1. The molecule has 0 spiro atoms. The second kappa shape index (κ2) is 8.53. The van der Waals surface area contributed by atoms with Gasteiger partial charge in [0.05, 0.1) is 12.4 Å². The van der Waals surface area contributed by atoms with Gasteiger partial charge in [0.25, 0.3) is 0 Å². The molecule has 0 bridgehead atoms. The van der Waals surface area contributed by atoms with Crippen LogP contribution in [0.2, 0.25) is 0 Å². The van der Waals surface area contributed by atoms with Gasteiger partial charge >= 0.3 is 5.97 Å². The third-order valence-corrected chi connectivity index (χ3v) is 2.52. The number of carbonyl (C=O) groups excluding carboxylic acids is 1. The van der Waals surface area contributed by atoms with Crippen LogP contribution >= 0.6 is 0 Å². The van der Waals surface area contributed by atoms with Crippen molar-refractivity contribution in [3.63, 3.8) is 0 Å². The predicted molar refractivity (Wildman–Crippen MR) is 72.5 cm³/mol. The average molecular weight is 266 g/mol. The molecule has 1 N–H and O–H groups in total. The van der Waals surface area contributed by atoms with Gasteiger partial charge in [0.1, 0.15) is 11.9 Å². The lowest BCUT2D eigenvalue weighted by atomic mass is 10.1. The van der Waals surface area contributed by atoms with Crippen LogP contribution in [0.5, 0.6) is 0 Å². The van der Waals surface area contributed by atoms with E-state index in [1.165, 1.54) is 0 Å². The van der Waals surface area contributed by atoms with E-state index in [4.69, 9.17) is 9.15 Å². The van der Waals surface area contributed by atoms with Crippen LogP contribution in [0.4, 0.5) is 0 Å². The molecule has 0 aromatic carbocycles. The highest BCUT2D eigenvalue weighted by atomic mass is 16.5. The zero-order valence-electron chi connectivity index (χ0n) is 11.5. The van der Waals surface area contributed by atoms with Gasteiger partial charge in [-0.3, -0.25) is 4.79 Å². The minimum atomic E-state index is -0.600. The number of carbonyl (C=O) groups is 1. The van der Waals surface area contributed by atoms with Crippen LogP contribution in [0.3, 0.4) is 0 Å². The molecule has 0 saturated heterocycles. The van der Waals surface area contributed by atoms with E-state index in [2.05, 4.69) is 0 Å². The number of furan rings is 1. The fraction of sp³-hybridized carbons (Fsp3) is 0.533. The summed E-state index contributed by atoms with van der Waals surface area (Å²) in [7, 11) is 0. The summed E-state index contributed by atoms with van der Waals surface area (Å²) >= 11 is 0. The van der Waals surface area contributed by atoms with Crippen LogP contribution in [-0.2, 0) is 9.53 Å². The third kappa shape index (κ3) is 6.82. The minimum Gasteiger partial charge on any atom is -0.467 e. The minimum absolute atomic E-state index is 0.0496. The van der Waals surface area contributed by atoms with Crippen molar-refractivity contribution >= 4 is 5.97 Å². The first-order chi connectivity index (χ1) is 9.09. The van der Waals surface area contributed by atoms with E-state index < -0.39 is 6.10 Å². The van der Waals surface area contributed by atoms with Gasteiger partial charge in [-0.25, -0.2) is 0 Å². The molecule has 0 saturated carbocycles. The topological polar surface area (TPSA) is 59.7 Å². The number of rotatable bonds is 8. The van der Waals surface area contributed by atoms with E-state index in [9.17, 15) is 9.90 Å². The standard InChI is InChI=1S/C15H22O4/c1-12(2)19-15(17)10-6-4-3-5-8-13(16)14-9-7-11-18-14/h3,5,7,9,11-13,16H,4,6,8,10H2,1-2H3/b5-3-. The summed E-state index contributed by atoms with van der Waals surface area (Å²) in [5.74, 6) is 0.421. The molecule has 1 aromatic rings. The lowest BCUT2D eigenvalue weighted by Gasteiger charge is -2.06. The molecule has 1 rings (SSSR count). The molecule has 1 unspecified atom stereocenters. The maximum Gasteiger partial charge on any atom is 0.306 e. The average Bonchev–Trinajstić information content (AvgIpc) is 2.86. The Balaban J connectivity index is 2.09. The summed E-state index contributed by atoms with van der Waals surface area (Å²) in [5, 5.41) is 9.73. The summed E-state index contributed by atoms with van der Waals surface area (Å²) in [6.45, 7) is 3.68. The third-order valence-electron chi connectivity index (χ3n) is 2.52. The second-order valence-electron chi connectivity index (χ2n) is 4.67. The van der Waals surface area contributed by atoms with E-state index in [0.29, 0.717) is 18.6 Å². The van der Waals surface area contributed by atoms with Gasteiger partial charge in [-0.2, -0.15) is 0 Å². The van der Waals surface area contributed by atoms with E-state index in [1.54, 1.807) is 18.4 Å². The van der Waals surface area contributed by atoms with Crippen molar-refractivity contribution in [2.24, 2.45) is 0 Å². The number of unbranched alkanes of at least 4 members (excludes halogenated alkanes) is 1. The van der Waals surface area contributed by atoms with Crippen molar-refractivity contribution in [1.82, 2.24) is 0 Å². The molecule has 4 nitrogen and oxygen atoms in total. The van der Waals surface area contributed by atoms with Gasteiger partial charge in [-0.05, 0) is 45.2 Å². The Labute approximate surface area is 114 Å². The van der Waals surface area contributed by atoms with E-state index in [0.717, 1.165) is 12.8 Å². The highest BCUT2D eigenvalue weighted by Crippen LogP contribution is 2.17. The van der Waals surface area contributed by atoms with Crippen LogP contribution < -0.4 is 0 Å². The zero-order chi connectivity index (χ0) is 14.1. The van der Waals surface area contributed by atoms with Crippen LogP contribution in [0, 0.1) is 0 Å². The predicted octanol–water partition coefficient (Wildman–Crippen LogP) is 3.38. The second-order valence-corrected chi connectivity index (χ2v) is 4.67. The normalized spacial score (nSPS) is 13.1. The molecule has 0 radical (unpaired) electrons. The molecule has 0 amide bonds. The monoisotopic (exact) mass is 266 g/mol. The van der Waals surface area contributed by atoms with Gasteiger partial charge in [0.15, 0.2) is 0 Å². The SMILES string of the molecule is CC(C)OC(=O)CCC/C=C\CC(O)c1ccco1. The smallest absolute Gasteiger partial charge is 0.306 e. The van der Waals surface area contributed by atoms with Crippen molar-refractivity contribution in [3.8, 4) is 0 Å².